The Balaban J connectivity index is 2.34. The molecule has 1 aliphatic rings. The third-order valence-corrected chi connectivity index (χ3v) is 1.93. The highest BCUT2D eigenvalue weighted by molar-refractivity contribution is 4.91. The lowest BCUT2D eigenvalue weighted by Crippen LogP contribution is -2.49. The first-order valence-corrected chi connectivity index (χ1v) is 3.73. The van der Waals surface area contributed by atoms with Crippen molar-refractivity contribution in [3.63, 3.8) is 0 Å². The van der Waals surface area contributed by atoms with E-state index in [-0.39, 0.29) is 0 Å². The fourth-order valence-corrected chi connectivity index (χ4v) is 1.24. The molecular weight excluding hydrogens is 124 g/mol. The molecule has 1 fully saturated rings. The molecule has 56 valence electrons. The van der Waals surface area contributed by atoms with Crippen molar-refractivity contribution in [2.24, 2.45) is 0 Å². The van der Waals surface area contributed by atoms with Gasteiger partial charge in [0.1, 0.15) is 0 Å². The second kappa shape index (κ2) is 3.60. The molecular formula is C8H14N2. The summed E-state index contributed by atoms with van der Waals surface area (Å²) in [5, 5.41) is 3.31. The highest BCUT2D eigenvalue weighted by atomic mass is 15.2. The summed E-state index contributed by atoms with van der Waals surface area (Å²) in [6.45, 7) is 6.23. The average Bonchev–Trinajstić information content (AvgIpc) is 1.94. The molecule has 1 heterocycles. The molecule has 0 amide bonds. The normalized spacial score (nSPS) is 27.8. The van der Waals surface area contributed by atoms with Gasteiger partial charge in [0.05, 0.1) is 6.54 Å². The van der Waals surface area contributed by atoms with Crippen molar-refractivity contribution in [1.82, 2.24) is 10.2 Å². The number of terminal acetylenes is 1. The van der Waals surface area contributed by atoms with Gasteiger partial charge in [-0.3, -0.25) is 4.90 Å². The van der Waals surface area contributed by atoms with Crippen molar-refractivity contribution in [3.05, 3.63) is 0 Å². The Morgan fingerprint density at radius 2 is 2.60 bits per heavy atom. The molecule has 1 N–H and O–H groups in total. The fourth-order valence-electron chi connectivity index (χ4n) is 1.24. The molecule has 2 heteroatoms. The van der Waals surface area contributed by atoms with E-state index in [9.17, 15) is 0 Å². The van der Waals surface area contributed by atoms with Crippen LogP contribution in [0.4, 0.5) is 0 Å². The molecule has 0 bridgehead atoms. The zero-order valence-electron chi connectivity index (χ0n) is 6.43. The highest BCUT2D eigenvalue weighted by Gasteiger charge is 2.15. The van der Waals surface area contributed by atoms with Crippen LogP contribution in [0.2, 0.25) is 0 Å². The molecule has 0 aromatic carbocycles. The Hall–Kier alpha value is -0.520. The minimum Gasteiger partial charge on any atom is -0.314 e. The second-order valence-corrected chi connectivity index (χ2v) is 2.73. The molecule has 0 aromatic heterocycles. The number of nitrogens with one attached hydrogen (secondary N) is 1. The van der Waals surface area contributed by atoms with Gasteiger partial charge in [-0.05, 0) is 6.92 Å². The summed E-state index contributed by atoms with van der Waals surface area (Å²) in [6, 6.07) is 0.602. The van der Waals surface area contributed by atoms with Crippen LogP contribution in [0, 0.1) is 12.3 Å². The molecule has 0 aromatic rings. The summed E-state index contributed by atoms with van der Waals surface area (Å²) in [6.07, 6.45) is 5.21. The van der Waals surface area contributed by atoms with Gasteiger partial charge in [0, 0.05) is 25.7 Å². The van der Waals surface area contributed by atoms with Crippen LogP contribution in [0.25, 0.3) is 0 Å². The van der Waals surface area contributed by atoms with Gasteiger partial charge in [0.2, 0.25) is 0 Å². The summed E-state index contributed by atoms with van der Waals surface area (Å²) in [4.78, 5) is 2.32. The predicted octanol–water partition coefficient (Wildman–Crippen LogP) is -0.0867. The Labute approximate surface area is 62.6 Å². The molecule has 1 unspecified atom stereocenters. The summed E-state index contributed by atoms with van der Waals surface area (Å²) in [5.41, 5.74) is 0. The SMILES string of the molecule is C#CCN1CCNCC1C. The molecule has 0 spiro atoms. The summed E-state index contributed by atoms with van der Waals surface area (Å²) in [5.74, 6) is 2.67. The van der Waals surface area contributed by atoms with Crippen LogP contribution in [0.1, 0.15) is 6.92 Å². The molecule has 1 atom stereocenters. The van der Waals surface area contributed by atoms with E-state index in [1.165, 1.54) is 0 Å². The van der Waals surface area contributed by atoms with Crippen LogP contribution >= 0.6 is 0 Å². The lowest BCUT2D eigenvalue weighted by atomic mass is 10.2. The molecule has 0 radical (unpaired) electrons. The van der Waals surface area contributed by atoms with E-state index in [4.69, 9.17) is 6.42 Å². The van der Waals surface area contributed by atoms with Gasteiger partial charge < -0.3 is 5.32 Å². The van der Waals surface area contributed by atoms with Crippen LogP contribution in [0.3, 0.4) is 0 Å². The molecule has 0 saturated carbocycles. The van der Waals surface area contributed by atoms with E-state index >= 15 is 0 Å². The smallest absolute Gasteiger partial charge is 0.0602 e. The van der Waals surface area contributed by atoms with Gasteiger partial charge in [-0.25, -0.2) is 0 Å². The number of rotatable bonds is 1. The van der Waals surface area contributed by atoms with E-state index < -0.39 is 0 Å². The van der Waals surface area contributed by atoms with Crippen molar-refractivity contribution in [3.8, 4) is 12.3 Å². The molecule has 1 saturated heterocycles. The van der Waals surface area contributed by atoms with E-state index in [1.807, 2.05) is 0 Å². The number of hydrogen-bond acceptors (Lipinski definition) is 2. The maximum atomic E-state index is 5.21. The third kappa shape index (κ3) is 1.73. The lowest BCUT2D eigenvalue weighted by molar-refractivity contribution is 0.196. The fraction of sp³-hybridized carbons (Fsp3) is 0.750. The molecule has 0 aliphatic carbocycles. The van der Waals surface area contributed by atoms with E-state index in [2.05, 4.69) is 23.1 Å². The monoisotopic (exact) mass is 138 g/mol. The predicted molar refractivity (Wildman–Crippen MR) is 42.7 cm³/mol. The number of hydrogen-bond donors (Lipinski definition) is 1. The minimum absolute atomic E-state index is 0.602. The zero-order chi connectivity index (χ0) is 7.40. The molecule has 10 heavy (non-hydrogen) atoms. The van der Waals surface area contributed by atoms with Crippen molar-refractivity contribution in [2.75, 3.05) is 26.2 Å². The lowest BCUT2D eigenvalue weighted by Gasteiger charge is -2.32. The van der Waals surface area contributed by atoms with Gasteiger partial charge in [-0.1, -0.05) is 5.92 Å². The van der Waals surface area contributed by atoms with Crippen LogP contribution < -0.4 is 5.32 Å². The van der Waals surface area contributed by atoms with Gasteiger partial charge in [-0.2, -0.15) is 0 Å². The molecule has 1 rings (SSSR count). The number of piperazine rings is 1. The van der Waals surface area contributed by atoms with Crippen molar-refractivity contribution >= 4 is 0 Å². The first-order valence-electron chi connectivity index (χ1n) is 3.73. The molecule has 1 aliphatic heterocycles. The third-order valence-electron chi connectivity index (χ3n) is 1.93. The topological polar surface area (TPSA) is 15.3 Å². The van der Waals surface area contributed by atoms with Crippen LogP contribution in [0.5, 0.6) is 0 Å². The van der Waals surface area contributed by atoms with Crippen LogP contribution in [-0.4, -0.2) is 37.1 Å². The first kappa shape index (κ1) is 7.59. The quantitative estimate of drug-likeness (QED) is 0.510. The Morgan fingerprint density at radius 1 is 1.80 bits per heavy atom. The summed E-state index contributed by atoms with van der Waals surface area (Å²) >= 11 is 0. The molecule has 2 nitrogen and oxygen atoms in total. The van der Waals surface area contributed by atoms with Crippen molar-refractivity contribution in [2.45, 2.75) is 13.0 Å². The zero-order valence-corrected chi connectivity index (χ0v) is 6.43. The van der Waals surface area contributed by atoms with Crippen LogP contribution in [0.15, 0.2) is 0 Å². The highest BCUT2D eigenvalue weighted by Crippen LogP contribution is 1.99. The van der Waals surface area contributed by atoms with E-state index in [1.54, 1.807) is 0 Å². The van der Waals surface area contributed by atoms with Gasteiger partial charge >= 0.3 is 0 Å². The maximum absolute atomic E-state index is 5.21. The number of nitrogens with zero attached hydrogens (tertiary/aromatic N) is 1. The van der Waals surface area contributed by atoms with Crippen molar-refractivity contribution in [1.29, 1.82) is 0 Å². The van der Waals surface area contributed by atoms with Gasteiger partial charge in [-0.15, -0.1) is 6.42 Å². The first-order chi connectivity index (χ1) is 4.84. The van der Waals surface area contributed by atoms with E-state index in [0.717, 1.165) is 26.2 Å². The Morgan fingerprint density at radius 3 is 3.20 bits per heavy atom. The largest absolute Gasteiger partial charge is 0.314 e. The van der Waals surface area contributed by atoms with Gasteiger partial charge in [0.25, 0.3) is 0 Å². The average molecular weight is 138 g/mol. The van der Waals surface area contributed by atoms with Crippen molar-refractivity contribution < 1.29 is 0 Å². The van der Waals surface area contributed by atoms with Gasteiger partial charge in [0.15, 0.2) is 0 Å². The summed E-state index contributed by atoms with van der Waals surface area (Å²) in [7, 11) is 0. The summed E-state index contributed by atoms with van der Waals surface area (Å²) < 4.78 is 0. The second-order valence-electron chi connectivity index (χ2n) is 2.73. The Kier molecular flexibility index (Phi) is 2.73. The standard InChI is InChI=1S/C8H14N2/c1-3-5-10-6-4-9-7-8(10)2/h1,8-9H,4-7H2,2H3. The Bertz CT molecular complexity index is 137. The minimum atomic E-state index is 0.602. The maximum Gasteiger partial charge on any atom is 0.0602 e. The van der Waals surface area contributed by atoms with Crippen LogP contribution in [-0.2, 0) is 0 Å². The van der Waals surface area contributed by atoms with E-state index in [0.29, 0.717) is 6.04 Å².